The highest BCUT2D eigenvalue weighted by molar-refractivity contribution is 9.10. The Bertz CT molecular complexity index is 1050. The van der Waals surface area contributed by atoms with Crippen LogP contribution in [0.2, 0.25) is 0 Å². The number of hydrogen-bond donors (Lipinski definition) is 1. The molecule has 0 fully saturated rings. The van der Waals surface area contributed by atoms with Crippen molar-refractivity contribution < 1.29 is 19.4 Å². The first-order chi connectivity index (χ1) is 14.5. The number of amides is 1. The Labute approximate surface area is 183 Å². The first-order valence-electron chi connectivity index (χ1n) is 9.53. The average molecular weight is 466 g/mol. The van der Waals surface area contributed by atoms with Crippen molar-refractivity contribution in [1.29, 1.82) is 0 Å². The standard InChI is InChI=1S/C24H20BrNO4/c1-30-24(29)26(21(23(27)28)14-15-10-12-16(25)13-11-15)22-19-8-4-2-6-17(19)18-7-3-5-9-20(18)22/h2-13,21-22H,14H2,1H3,(H,27,28)/t21-/m0/s1. The number of fused-ring (bicyclic) bond motifs is 3. The lowest BCUT2D eigenvalue weighted by Gasteiger charge is -2.34. The van der Waals surface area contributed by atoms with Crippen molar-refractivity contribution in [2.24, 2.45) is 0 Å². The van der Waals surface area contributed by atoms with E-state index in [4.69, 9.17) is 4.74 Å². The summed E-state index contributed by atoms with van der Waals surface area (Å²) < 4.78 is 5.96. The molecule has 1 aliphatic carbocycles. The van der Waals surface area contributed by atoms with Crippen molar-refractivity contribution >= 4 is 28.0 Å². The van der Waals surface area contributed by atoms with Crippen LogP contribution < -0.4 is 0 Å². The minimum absolute atomic E-state index is 0.165. The number of carboxylic acids is 1. The van der Waals surface area contributed by atoms with Gasteiger partial charge in [-0.1, -0.05) is 76.6 Å². The second kappa shape index (κ2) is 8.32. The van der Waals surface area contributed by atoms with Gasteiger partial charge in [0, 0.05) is 10.9 Å². The summed E-state index contributed by atoms with van der Waals surface area (Å²) in [5, 5.41) is 10.1. The Morgan fingerprint density at radius 2 is 1.50 bits per heavy atom. The summed E-state index contributed by atoms with van der Waals surface area (Å²) in [6.45, 7) is 0. The van der Waals surface area contributed by atoms with Crippen molar-refractivity contribution in [3.8, 4) is 11.1 Å². The number of benzene rings is 3. The number of hydrogen-bond acceptors (Lipinski definition) is 3. The lowest BCUT2D eigenvalue weighted by Crippen LogP contribution is -2.48. The number of halogens is 1. The van der Waals surface area contributed by atoms with Crippen LogP contribution in [0, 0.1) is 0 Å². The third kappa shape index (κ3) is 3.59. The summed E-state index contributed by atoms with van der Waals surface area (Å²) in [6.07, 6.45) is -0.505. The highest BCUT2D eigenvalue weighted by atomic mass is 79.9. The van der Waals surface area contributed by atoms with Crippen molar-refractivity contribution in [3.63, 3.8) is 0 Å². The molecule has 0 aliphatic heterocycles. The van der Waals surface area contributed by atoms with Crippen LogP contribution in [0.3, 0.4) is 0 Å². The fourth-order valence-corrected chi connectivity index (χ4v) is 4.36. The van der Waals surface area contributed by atoms with E-state index in [0.717, 1.165) is 32.3 Å². The monoisotopic (exact) mass is 465 g/mol. The minimum Gasteiger partial charge on any atom is -0.480 e. The Morgan fingerprint density at radius 3 is 2.00 bits per heavy atom. The molecule has 30 heavy (non-hydrogen) atoms. The van der Waals surface area contributed by atoms with Gasteiger partial charge in [-0.25, -0.2) is 9.59 Å². The summed E-state index contributed by atoms with van der Waals surface area (Å²) in [6, 6.07) is 21.3. The zero-order valence-corrected chi connectivity index (χ0v) is 17.9. The van der Waals surface area contributed by atoms with Gasteiger partial charge in [0.1, 0.15) is 6.04 Å². The molecule has 0 unspecified atom stereocenters. The molecule has 1 N–H and O–H groups in total. The smallest absolute Gasteiger partial charge is 0.411 e. The fraction of sp³-hybridized carbons (Fsp3) is 0.167. The zero-order chi connectivity index (χ0) is 21.3. The molecular formula is C24H20BrNO4. The highest BCUT2D eigenvalue weighted by Crippen LogP contribution is 2.47. The summed E-state index contributed by atoms with van der Waals surface area (Å²) in [5.41, 5.74) is 4.61. The molecule has 152 valence electrons. The van der Waals surface area contributed by atoms with Crippen molar-refractivity contribution in [3.05, 3.63) is 94.0 Å². The number of rotatable bonds is 5. The van der Waals surface area contributed by atoms with E-state index in [1.165, 1.54) is 12.0 Å². The summed E-state index contributed by atoms with van der Waals surface area (Å²) in [4.78, 5) is 26.7. The van der Waals surface area contributed by atoms with Crippen LogP contribution in [0.1, 0.15) is 22.7 Å². The molecule has 3 aromatic rings. The van der Waals surface area contributed by atoms with E-state index in [9.17, 15) is 14.7 Å². The van der Waals surface area contributed by atoms with Crippen LogP contribution >= 0.6 is 15.9 Å². The molecule has 0 spiro atoms. The number of aliphatic carboxylic acids is 1. The summed E-state index contributed by atoms with van der Waals surface area (Å²) in [7, 11) is 1.28. The van der Waals surface area contributed by atoms with Gasteiger partial charge in [0.25, 0.3) is 0 Å². The van der Waals surface area contributed by atoms with Crippen molar-refractivity contribution in [2.45, 2.75) is 18.5 Å². The number of nitrogens with zero attached hydrogens (tertiary/aromatic N) is 1. The van der Waals surface area contributed by atoms with Crippen LogP contribution in [-0.2, 0) is 16.0 Å². The maximum Gasteiger partial charge on any atom is 0.411 e. The second-order valence-corrected chi connectivity index (χ2v) is 8.05. The Kier molecular flexibility index (Phi) is 5.59. The molecule has 0 heterocycles. The number of ether oxygens (including phenoxy) is 1. The maximum atomic E-state index is 12.9. The van der Waals surface area contributed by atoms with Crippen LogP contribution in [0.4, 0.5) is 4.79 Å². The number of carboxylic acid groups (broad SMARTS) is 1. The zero-order valence-electron chi connectivity index (χ0n) is 16.3. The predicted octanol–water partition coefficient (Wildman–Crippen LogP) is 5.28. The highest BCUT2D eigenvalue weighted by Gasteiger charge is 2.42. The first kappa shape index (κ1) is 20.2. The van der Waals surface area contributed by atoms with E-state index in [1.54, 1.807) is 0 Å². The van der Waals surface area contributed by atoms with Crippen molar-refractivity contribution in [1.82, 2.24) is 4.90 Å². The van der Waals surface area contributed by atoms with Crippen LogP contribution in [0.15, 0.2) is 77.3 Å². The summed E-state index contributed by atoms with van der Waals surface area (Å²) >= 11 is 3.39. The molecule has 5 nitrogen and oxygen atoms in total. The van der Waals surface area contributed by atoms with Gasteiger partial charge in [-0.2, -0.15) is 0 Å². The van der Waals surface area contributed by atoms with Gasteiger partial charge in [0.15, 0.2) is 0 Å². The molecule has 0 saturated heterocycles. The molecule has 0 bridgehead atoms. The second-order valence-electron chi connectivity index (χ2n) is 7.14. The van der Waals surface area contributed by atoms with E-state index < -0.39 is 24.1 Å². The predicted molar refractivity (Wildman–Crippen MR) is 117 cm³/mol. The van der Waals surface area contributed by atoms with E-state index in [1.807, 2.05) is 72.8 Å². The van der Waals surface area contributed by atoms with E-state index in [-0.39, 0.29) is 6.42 Å². The van der Waals surface area contributed by atoms with Gasteiger partial charge in [-0.15, -0.1) is 0 Å². The van der Waals surface area contributed by atoms with Crippen molar-refractivity contribution in [2.75, 3.05) is 7.11 Å². The van der Waals surface area contributed by atoms with Crippen LogP contribution in [0.5, 0.6) is 0 Å². The molecule has 6 heteroatoms. The number of carbonyl (C=O) groups is 2. The molecule has 1 atom stereocenters. The quantitative estimate of drug-likeness (QED) is 0.556. The molecule has 3 aromatic carbocycles. The normalized spacial score (nSPS) is 13.3. The molecule has 4 rings (SSSR count). The Balaban J connectivity index is 1.83. The minimum atomic E-state index is -1.09. The van der Waals surface area contributed by atoms with Crippen LogP contribution in [-0.4, -0.2) is 35.2 Å². The van der Waals surface area contributed by atoms with Gasteiger partial charge in [0.2, 0.25) is 0 Å². The lowest BCUT2D eigenvalue weighted by atomic mass is 9.98. The topological polar surface area (TPSA) is 66.8 Å². The van der Waals surface area contributed by atoms with E-state index in [2.05, 4.69) is 15.9 Å². The van der Waals surface area contributed by atoms with Gasteiger partial charge in [-0.05, 0) is 39.9 Å². The largest absolute Gasteiger partial charge is 0.480 e. The van der Waals surface area contributed by atoms with Gasteiger partial charge >= 0.3 is 12.1 Å². The lowest BCUT2D eigenvalue weighted by molar-refractivity contribution is -0.143. The van der Waals surface area contributed by atoms with Gasteiger partial charge in [-0.3, -0.25) is 4.90 Å². The summed E-state index contributed by atoms with van der Waals surface area (Å²) in [5.74, 6) is -1.08. The number of carbonyl (C=O) groups excluding carboxylic acids is 1. The Hall–Kier alpha value is -3.12. The van der Waals surface area contributed by atoms with E-state index >= 15 is 0 Å². The third-order valence-electron chi connectivity index (χ3n) is 5.43. The Morgan fingerprint density at radius 1 is 0.967 bits per heavy atom. The van der Waals surface area contributed by atoms with Gasteiger partial charge in [0.05, 0.1) is 13.2 Å². The van der Waals surface area contributed by atoms with Gasteiger partial charge < -0.3 is 9.84 Å². The molecular weight excluding hydrogens is 446 g/mol. The third-order valence-corrected chi connectivity index (χ3v) is 5.96. The fourth-order valence-electron chi connectivity index (χ4n) is 4.10. The molecule has 1 amide bonds. The maximum absolute atomic E-state index is 12.9. The SMILES string of the molecule is COC(=O)N(C1c2ccccc2-c2ccccc21)[C@@H](Cc1ccc(Br)cc1)C(=O)O. The molecule has 0 saturated carbocycles. The first-order valence-corrected chi connectivity index (χ1v) is 10.3. The van der Waals surface area contributed by atoms with E-state index in [0.29, 0.717) is 0 Å². The number of methoxy groups -OCH3 is 1. The molecule has 1 aliphatic rings. The van der Waals surface area contributed by atoms with Crippen LogP contribution in [0.25, 0.3) is 11.1 Å². The average Bonchev–Trinajstić information content (AvgIpc) is 3.09. The molecule has 0 aromatic heterocycles. The molecule has 0 radical (unpaired) electrons.